The van der Waals surface area contributed by atoms with Crippen LogP contribution in [0.5, 0.6) is 5.75 Å². The van der Waals surface area contributed by atoms with E-state index in [0.717, 1.165) is 19.3 Å². The maximum atomic E-state index is 14.6. The molecule has 1 aromatic heterocycles. The number of nitrogens with one attached hydrogen (secondary N) is 1. The Morgan fingerprint density at radius 3 is 2.05 bits per heavy atom. The molecule has 1 fully saturated rings. The first-order chi connectivity index (χ1) is 26.6. The summed E-state index contributed by atoms with van der Waals surface area (Å²) in [6.07, 6.45) is 13.2. The molecule has 0 bridgehead atoms. The maximum Gasteiger partial charge on any atom is 0.418 e. The average Bonchev–Trinajstić information content (AvgIpc) is 3.38. The molecule has 0 aliphatic carbocycles. The predicted molar refractivity (Wildman–Crippen MR) is 210 cm³/mol. The zero-order valence-corrected chi connectivity index (χ0v) is 32.3. The van der Waals surface area contributed by atoms with Gasteiger partial charge in [0.1, 0.15) is 11.6 Å². The third-order valence-corrected chi connectivity index (χ3v) is 9.76. The largest absolute Gasteiger partial charge is 0.495 e. The maximum absolute atomic E-state index is 14.6. The molecule has 2 heterocycles. The van der Waals surface area contributed by atoms with Crippen LogP contribution in [0.25, 0.3) is 16.6 Å². The number of rotatable bonds is 20. The van der Waals surface area contributed by atoms with Gasteiger partial charge in [-0.2, -0.15) is 0 Å². The summed E-state index contributed by atoms with van der Waals surface area (Å²) in [5, 5.41) is 3.00. The van der Waals surface area contributed by atoms with E-state index < -0.39 is 41.1 Å². The van der Waals surface area contributed by atoms with Gasteiger partial charge in [-0.25, -0.2) is 19.5 Å². The molecule has 1 saturated heterocycles. The van der Waals surface area contributed by atoms with Gasteiger partial charge in [-0.3, -0.25) is 19.0 Å². The third-order valence-electron chi connectivity index (χ3n) is 9.76. The normalized spacial score (nSPS) is 14.1. The number of unbranched alkanes of at least 4 members (excludes halogenated alkanes) is 11. The van der Waals surface area contributed by atoms with Crippen molar-refractivity contribution in [2.45, 2.75) is 109 Å². The number of methoxy groups -OCH3 is 1. The van der Waals surface area contributed by atoms with Crippen molar-refractivity contribution in [2.24, 2.45) is 0 Å². The quantitative estimate of drug-likeness (QED) is 0.0692. The first kappa shape index (κ1) is 40.7. The third kappa shape index (κ3) is 9.97. The van der Waals surface area contributed by atoms with Crippen LogP contribution in [0.3, 0.4) is 0 Å². The van der Waals surface area contributed by atoms with Crippen molar-refractivity contribution in [3.05, 3.63) is 94.5 Å². The van der Waals surface area contributed by atoms with Gasteiger partial charge in [0, 0.05) is 0 Å². The number of carbonyl (C=O) groups is 4. The van der Waals surface area contributed by atoms with Gasteiger partial charge in [0.25, 0.3) is 17.4 Å². The van der Waals surface area contributed by atoms with Gasteiger partial charge in [-0.15, -0.1) is 0 Å². The fourth-order valence-electron chi connectivity index (χ4n) is 6.74. The lowest BCUT2D eigenvalue weighted by molar-refractivity contribution is -0.139. The number of anilines is 1. The van der Waals surface area contributed by atoms with E-state index >= 15 is 0 Å². The molecular formula is C43H52N4O8. The molecule has 0 saturated carbocycles. The van der Waals surface area contributed by atoms with E-state index in [9.17, 15) is 24.0 Å². The highest BCUT2D eigenvalue weighted by Crippen LogP contribution is 2.35. The Hall–Kier alpha value is -5.52. The van der Waals surface area contributed by atoms with E-state index in [-0.39, 0.29) is 40.3 Å². The second kappa shape index (κ2) is 19.2. The molecule has 55 heavy (non-hydrogen) atoms. The number of cyclic esters (lactones) is 1. The first-order valence-electron chi connectivity index (χ1n) is 19.4. The fraction of sp³-hybridized carbons (Fsp3) is 0.442. The van der Waals surface area contributed by atoms with E-state index in [1.165, 1.54) is 102 Å². The average molecular weight is 753 g/mol. The van der Waals surface area contributed by atoms with Crippen LogP contribution >= 0.6 is 0 Å². The molecule has 12 nitrogen and oxygen atoms in total. The smallest absolute Gasteiger partial charge is 0.418 e. The summed E-state index contributed by atoms with van der Waals surface area (Å²) in [6, 6.07) is 17.7. The van der Waals surface area contributed by atoms with Crippen molar-refractivity contribution in [1.82, 2.24) is 14.5 Å². The molecule has 1 unspecified atom stereocenters. The van der Waals surface area contributed by atoms with Crippen molar-refractivity contribution >= 4 is 40.5 Å². The van der Waals surface area contributed by atoms with Crippen LogP contribution < -0.4 is 15.6 Å². The number of carbonyl (C=O) groups excluding carboxylic acids is 4. The molecule has 1 aliphatic heterocycles. The lowest BCUT2D eigenvalue weighted by Crippen LogP contribution is -2.45. The Morgan fingerprint density at radius 2 is 1.44 bits per heavy atom. The van der Waals surface area contributed by atoms with Gasteiger partial charge in [0.15, 0.2) is 11.6 Å². The van der Waals surface area contributed by atoms with Gasteiger partial charge in [-0.05, 0) is 62.7 Å². The fourth-order valence-corrected chi connectivity index (χ4v) is 6.74. The van der Waals surface area contributed by atoms with Crippen LogP contribution in [-0.4, -0.2) is 57.6 Å². The summed E-state index contributed by atoms with van der Waals surface area (Å²) in [7, 11) is 1.40. The van der Waals surface area contributed by atoms with E-state index in [2.05, 4.69) is 12.2 Å². The van der Waals surface area contributed by atoms with Crippen LogP contribution in [0.15, 0.2) is 77.6 Å². The standard InChI is InChI=1S/C43H52N4O8/c1-5-6-7-8-9-10-11-12-13-14-15-21-28-54-40(50)30-26-27-35(53-4)34(29-30)45-38(48)36(47-41(51)43(2,3)55-42(47)52)37-44-33-25-20-19-24-32(33)39(49)46(37)31-22-17-16-18-23-31/h16-20,22-27,29,36H,5-15,21,28H2,1-4H3,(H,45,48). The highest BCUT2D eigenvalue weighted by Gasteiger charge is 2.53. The van der Waals surface area contributed by atoms with Crippen molar-refractivity contribution in [3.8, 4) is 11.4 Å². The molecule has 1 N–H and O–H groups in total. The minimum Gasteiger partial charge on any atom is -0.495 e. The van der Waals surface area contributed by atoms with Gasteiger partial charge in [-0.1, -0.05) is 108 Å². The van der Waals surface area contributed by atoms with E-state index in [0.29, 0.717) is 10.6 Å². The summed E-state index contributed by atoms with van der Waals surface area (Å²) in [5.41, 5.74) is -1.27. The number of ether oxygens (including phenoxy) is 3. The van der Waals surface area contributed by atoms with Gasteiger partial charge >= 0.3 is 12.1 Å². The van der Waals surface area contributed by atoms with E-state index in [1.807, 2.05) is 0 Å². The highest BCUT2D eigenvalue weighted by atomic mass is 16.6. The molecular weight excluding hydrogens is 700 g/mol. The van der Waals surface area contributed by atoms with Gasteiger partial charge in [0.05, 0.1) is 41.6 Å². The number of amides is 3. The van der Waals surface area contributed by atoms with E-state index in [1.54, 1.807) is 54.6 Å². The zero-order chi connectivity index (χ0) is 39.4. The Balaban J connectivity index is 1.35. The number of nitrogens with zero attached hydrogens (tertiary/aromatic N) is 3. The van der Waals surface area contributed by atoms with Gasteiger partial charge < -0.3 is 19.5 Å². The summed E-state index contributed by atoms with van der Waals surface area (Å²) >= 11 is 0. The molecule has 3 amide bonds. The molecule has 292 valence electrons. The zero-order valence-electron chi connectivity index (χ0n) is 32.3. The number of benzene rings is 3. The summed E-state index contributed by atoms with van der Waals surface area (Å²) < 4.78 is 17.7. The monoisotopic (exact) mass is 752 g/mol. The lowest BCUT2D eigenvalue weighted by Gasteiger charge is -2.26. The van der Waals surface area contributed by atoms with Crippen molar-refractivity contribution in [1.29, 1.82) is 0 Å². The van der Waals surface area contributed by atoms with Crippen molar-refractivity contribution in [2.75, 3.05) is 19.0 Å². The van der Waals surface area contributed by atoms with Gasteiger partial charge in [0.2, 0.25) is 0 Å². The SMILES string of the molecule is CCCCCCCCCCCCCCOC(=O)c1ccc(OC)c(NC(=O)C(c2nc3ccccc3c(=O)n2-c2ccccc2)N2C(=O)OC(C)(C)C2=O)c1. The molecule has 3 aromatic carbocycles. The number of aromatic nitrogens is 2. The predicted octanol–water partition coefficient (Wildman–Crippen LogP) is 8.69. The number of hydrogen-bond donors (Lipinski definition) is 1. The van der Waals surface area contributed by atoms with Crippen LogP contribution in [0.4, 0.5) is 10.5 Å². The Kier molecular flexibility index (Phi) is 14.2. The summed E-state index contributed by atoms with van der Waals surface area (Å²) in [5.74, 6) is -2.29. The highest BCUT2D eigenvalue weighted by molar-refractivity contribution is 6.08. The van der Waals surface area contributed by atoms with Crippen molar-refractivity contribution < 1.29 is 33.4 Å². The number of imide groups is 1. The minimum atomic E-state index is -1.79. The van der Waals surface area contributed by atoms with Crippen LogP contribution in [0.1, 0.15) is 120 Å². The Bertz CT molecular complexity index is 2030. The molecule has 4 aromatic rings. The van der Waals surface area contributed by atoms with Crippen LogP contribution in [0, 0.1) is 0 Å². The molecule has 0 radical (unpaired) electrons. The van der Waals surface area contributed by atoms with Crippen LogP contribution in [0.2, 0.25) is 0 Å². The van der Waals surface area contributed by atoms with E-state index in [4.69, 9.17) is 19.2 Å². The second-order valence-corrected chi connectivity index (χ2v) is 14.3. The summed E-state index contributed by atoms with van der Waals surface area (Å²) in [6.45, 7) is 5.31. The Morgan fingerprint density at radius 1 is 0.818 bits per heavy atom. The van der Waals surface area contributed by atoms with Crippen LogP contribution in [-0.2, 0) is 19.1 Å². The first-order valence-corrected chi connectivity index (χ1v) is 19.4. The molecule has 0 spiro atoms. The second-order valence-electron chi connectivity index (χ2n) is 14.3. The summed E-state index contributed by atoms with van der Waals surface area (Å²) in [4.78, 5) is 74.3. The number of esters is 1. The molecule has 12 heteroatoms. The van der Waals surface area contributed by atoms with Crippen molar-refractivity contribution in [3.63, 3.8) is 0 Å². The molecule has 5 rings (SSSR count). The Labute approximate surface area is 322 Å². The molecule has 1 aliphatic rings. The number of para-hydroxylation sites is 2. The minimum absolute atomic E-state index is 0.0750. The lowest BCUT2D eigenvalue weighted by atomic mass is 10.1. The number of fused-ring (bicyclic) bond motifs is 1. The number of hydrogen-bond acceptors (Lipinski definition) is 9. The molecule has 1 atom stereocenters. The topological polar surface area (TPSA) is 146 Å².